The number of hydrogen-bond acceptors (Lipinski definition) is 3. The summed E-state index contributed by atoms with van der Waals surface area (Å²) < 4.78 is 43.7. The number of aromatic nitrogens is 4. The zero-order valence-electron chi connectivity index (χ0n) is 15.1. The van der Waals surface area contributed by atoms with Crippen LogP contribution in [0.2, 0.25) is 0 Å². The van der Waals surface area contributed by atoms with Gasteiger partial charge in [0.15, 0.2) is 6.04 Å². The lowest BCUT2D eigenvalue weighted by Crippen LogP contribution is -2.39. The highest BCUT2D eigenvalue weighted by atomic mass is 19.4. The number of amides is 1. The van der Waals surface area contributed by atoms with Crippen LogP contribution >= 0.6 is 0 Å². The Kier molecular flexibility index (Phi) is 4.97. The lowest BCUT2D eigenvalue weighted by molar-refractivity contribution is -0.163. The van der Waals surface area contributed by atoms with Crippen LogP contribution in [0.4, 0.5) is 13.2 Å². The average molecular weight is 357 g/mol. The van der Waals surface area contributed by atoms with Crippen LogP contribution in [0, 0.1) is 27.7 Å². The number of rotatable bonds is 4. The van der Waals surface area contributed by atoms with Crippen LogP contribution in [-0.4, -0.2) is 31.6 Å². The van der Waals surface area contributed by atoms with Crippen molar-refractivity contribution in [3.05, 3.63) is 33.9 Å². The summed E-state index contributed by atoms with van der Waals surface area (Å²) in [5.74, 6) is -0.704. The van der Waals surface area contributed by atoms with Gasteiger partial charge in [-0.15, -0.1) is 0 Å². The molecule has 1 atom stereocenters. The molecule has 0 aromatic carbocycles. The van der Waals surface area contributed by atoms with Crippen LogP contribution in [-0.2, 0) is 25.3 Å². The average Bonchev–Trinajstić information content (AvgIpc) is 2.86. The molecule has 6 nitrogen and oxygen atoms in total. The van der Waals surface area contributed by atoms with Gasteiger partial charge in [-0.05, 0) is 27.7 Å². The molecule has 0 fully saturated rings. The van der Waals surface area contributed by atoms with E-state index < -0.39 is 18.1 Å². The largest absolute Gasteiger partial charge is 0.413 e. The van der Waals surface area contributed by atoms with E-state index in [0.29, 0.717) is 17.0 Å². The molecule has 2 aromatic heterocycles. The Morgan fingerprint density at radius 2 is 1.56 bits per heavy atom. The highest BCUT2D eigenvalue weighted by Crippen LogP contribution is 2.35. The van der Waals surface area contributed by atoms with E-state index >= 15 is 0 Å². The topological polar surface area (TPSA) is 64.7 Å². The summed E-state index contributed by atoms with van der Waals surface area (Å²) >= 11 is 0. The molecule has 2 aromatic rings. The summed E-state index contributed by atoms with van der Waals surface area (Å²) in [5, 5.41) is 10.3. The predicted octanol–water partition coefficient (Wildman–Crippen LogP) is 2.35. The number of carbonyl (C=O) groups excluding carboxylic acids is 1. The third kappa shape index (κ3) is 3.69. The number of nitrogens with one attached hydrogen (secondary N) is 1. The Bertz CT molecular complexity index is 804. The van der Waals surface area contributed by atoms with E-state index in [2.05, 4.69) is 15.5 Å². The van der Waals surface area contributed by atoms with E-state index in [9.17, 15) is 18.0 Å². The monoisotopic (exact) mass is 357 g/mol. The van der Waals surface area contributed by atoms with Crippen molar-refractivity contribution in [3.8, 4) is 0 Å². The quantitative estimate of drug-likeness (QED) is 0.914. The minimum absolute atomic E-state index is 0.0111. The molecule has 9 heteroatoms. The summed E-state index contributed by atoms with van der Waals surface area (Å²) in [6.07, 6.45) is -4.77. The van der Waals surface area contributed by atoms with Crippen LogP contribution < -0.4 is 5.32 Å². The van der Waals surface area contributed by atoms with Gasteiger partial charge in [-0.2, -0.15) is 23.4 Å². The highest BCUT2D eigenvalue weighted by Gasteiger charge is 2.44. The van der Waals surface area contributed by atoms with Gasteiger partial charge < -0.3 is 5.32 Å². The van der Waals surface area contributed by atoms with E-state index in [1.807, 2.05) is 0 Å². The smallest absolute Gasteiger partial charge is 0.340 e. The molecule has 1 unspecified atom stereocenters. The van der Waals surface area contributed by atoms with Crippen LogP contribution in [0.25, 0.3) is 0 Å². The number of alkyl halides is 3. The first-order valence-corrected chi connectivity index (χ1v) is 7.78. The zero-order chi connectivity index (χ0) is 19.1. The maximum Gasteiger partial charge on any atom is 0.413 e. The molecule has 0 spiro atoms. The van der Waals surface area contributed by atoms with Gasteiger partial charge in [0.05, 0.1) is 17.8 Å². The summed E-state index contributed by atoms with van der Waals surface area (Å²) in [6.45, 7) is 6.56. The summed E-state index contributed by atoms with van der Waals surface area (Å²) in [6, 6.07) is -2.09. The molecule has 1 amide bonds. The fourth-order valence-electron chi connectivity index (χ4n) is 2.97. The maximum absolute atomic E-state index is 13.6. The van der Waals surface area contributed by atoms with Gasteiger partial charge in [-0.25, -0.2) is 0 Å². The first-order valence-electron chi connectivity index (χ1n) is 7.78. The standard InChI is InChI=1S/C16H22F3N5O/c1-8-12(10(3)23(5)21-8)7-13(25)20-15(16(17,18)19)14-9(2)22-24(6)11(14)4/h15H,7H2,1-6H3,(H,20,25). The Morgan fingerprint density at radius 3 is 1.96 bits per heavy atom. The predicted molar refractivity (Wildman–Crippen MR) is 86.0 cm³/mol. The van der Waals surface area contributed by atoms with Crippen LogP contribution in [0.15, 0.2) is 0 Å². The highest BCUT2D eigenvalue weighted by molar-refractivity contribution is 5.79. The van der Waals surface area contributed by atoms with E-state index in [4.69, 9.17) is 0 Å². The number of halogens is 3. The molecular weight excluding hydrogens is 335 g/mol. The third-order valence-electron chi connectivity index (χ3n) is 4.48. The first-order chi connectivity index (χ1) is 11.4. The lowest BCUT2D eigenvalue weighted by Gasteiger charge is -2.22. The lowest BCUT2D eigenvalue weighted by atomic mass is 10.0. The van der Waals surface area contributed by atoms with Gasteiger partial charge in [0.2, 0.25) is 5.91 Å². The molecule has 0 radical (unpaired) electrons. The van der Waals surface area contributed by atoms with Gasteiger partial charge in [0.1, 0.15) is 0 Å². The van der Waals surface area contributed by atoms with Gasteiger partial charge in [-0.1, -0.05) is 0 Å². The minimum atomic E-state index is -4.62. The van der Waals surface area contributed by atoms with Gasteiger partial charge >= 0.3 is 6.18 Å². The van der Waals surface area contributed by atoms with Gasteiger partial charge in [-0.3, -0.25) is 14.2 Å². The number of nitrogens with zero attached hydrogens (tertiary/aromatic N) is 4. The van der Waals surface area contributed by atoms with Crippen molar-refractivity contribution in [3.63, 3.8) is 0 Å². The fraction of sp³-hybridized carbons (Fsp3) is 0.562. The molecule has 0 bridgehead atoms. The van der Waals surface area contributed by atoms with Crippen LogP contribution in [0.1, 0.15) is 39.9 Å². The van der Waals surface area contributed by atoms with Crippen LogP contribution in [0.3, 0.4) is 0 Å². The van der Waals surface area contributed by atoms with Gasteiger partial charge in [0.25, 0.3) is 0 Å². The molecule has 0 saturated heterocycles. The van der Waals surface area contributed by atoms with Crippen molar-refractivity contribution < 1.29 is 18.0 Å². The normalized spacial score (nSPS) is 13.2. The number of hydrogen-bond donors (Lipinski definition) is 1. The zero-order valence-corrected chi connectivity index (χ0v) is 15.1. The van der Waals surface area contributed by atoms with Crippen molar-refractivity contribution in [1.82, 2.24) is 24.9 Å². The third-order valence-corrected chi connectivity index (χ3v) is 4.48. The van der Waals surface area contributed by atoms with Crippen molar-refractivity contribution in [2.45, 2.75) is 46.3 Å². The van der Waals surface area contributed by atoms with E-state index in [-0.39, 0.29) is 17.7 Å². The Labute approximate surface area is 144 Å². The molecule has 0 saturated carbocycles. The fourth-order valence-corrected chi connectivity index (χ4v) is 2.97. The van der Waals surface area contributed by atoms with Gasteiger partial charge in [0, 0.05) is 36.6 Å². The van der Waals surface area contributed by atoms with E-state index in [1.54, 1.807) is 39.5 Å². The molecule has 138 valence electrons. The molecule has 1 N–H and O–H groups in total. The van der Waals surface area contributed by atoms with E-state index in [1.165, 1.54) is 11.6 Å². The molecule has 0 aliphatic rings. The minimum Gasteiger partial charge on any atom is -0.340 e. The number of aryl methyl sites for hydroxylation is 4. The molecule has 2 rings (SSSR count). The molecule has 0 aliphatic heterocycles. The SMILES string of the molecule is Cc1nn(C)c(C)c1CC(=O)NC(c1c(C)nn(C)c1C)C(F)(F)F. The second kappa shape index (κ2) is 6.53. The summed E-state index contributed by atoms with van der Waals surface area (Å²) in [7, 11) is 3.30. The molecule has 25 heavy (non-hydrogen) atoms. The van der Waals surface area contributed by atoms with Crippen molar-refractivity contribution in [2.24, 2.45) is 14.1 Å². The van der Waals surface area contributed by atoms with Crippen molar-refractivity contribution in [2.75, 3.05) is 0 Å². The summed E-state index contributed by atoms with van der Waals surface area (Å²) in [5.41, 5.74) is 2.63. The maximum atomic E-state index is 13.6. The summed E-state index contributed by atoms with van der Waals surface area (Å²) in [4.78, 5) is 12.3. The Hall–Kier alpha value is -2.32. The molecular formula is C16H22F3N5O. The number of carbonyl (C=O) groups is 1. The Balaban J connectivity index is 2.30. The van der Waals surface area contributed by atoms with Crippen molar-refractivity contribution >= 4 is 5.91 Å². The second-order valence-corrected chi connectivity index (χ2v) is 6.20. The van der Waals surface area contributed by atoms with E-state index in [0.717, 1.165) is 5.69 Å². The van der Waals surface area contributed by atoms with Crippen molar-refractivity contribution in [1.29, 1.82) is 0 Å². The molecule has 2 heterocycles. The first kappa shape index (κ1) is 19.0. The second-order valence-electron chi connectivity index (χ2n) is 6.20. The van der Waals surface area contributed by atoms with Crippen LogP contribution in [0.5, 0.6) is 0 Å². The molecule has 0 aliphatic carbocycles. The Morgan fingerprint density at radius 1 is 1.04 bits per heavy atom.